The van der Waals surface area contributed by atoms with Crippen LogP contribution in [0.3, 0.4) is 0 Å². The van der Waals surface area contributed by atoms with Gasteiger partial charge < -0.3 is 19.8 Å². The number of hydrogen-bond donors (Lipinski definition) is 2. The van der Waals surface area contributed by atoms with Crippen LogP contribution in [0.15, 0.2) is 52.3 Å². The van der Waals surface area contributed by atoms with E-state index in [0.717, 1.165) is 17.4 Å². The molecular weight excluding hydrogens is 508 g/mol. The van der Waals surface area contributed by atoms with Crippen molar-refractivity contribution in [1.82, 2.24) is 15.2 Å². The Hall–Kier alpha value is -3.12. The van der Waals surface area contributed by atoms with Crippen LogP contribution in [0.25, 0.3) is 10.9 Å². The van der Waals surface area contributed by atoms with E-state index in [-0.39, 0.29) is 21.5 Å². The predicted octanol–water partition coefficient (Wildman–Crippen LogP) is 2.08. The van der Waals surface area contributed by atoms with Gasteiger partial charge in [0.15, 0.2) is 0 Å². The second-order valence-electron chi connectivity index (χ2n) is 8.24. The van der Waals surface area contributed by atoms with E-state index in [1.54, 1.807) is 12.1 Å². The lowest BCUT2D eigenvalue weighted by atomic mass is 10.1. The molecule has 0 atom stereocenters. The fourth-order valence-electron chi connectivity index (χ4n) is 3.97. The van der Waals surface area contributed by atoms with E-state index >= 15 is 0 Å². The van der Waals surface area contributed by atoms with Crippen molar-refractivity contribution < 1.29 is 22.7 Å². The van der Waals surface area contributed by atoms with Gasteiger partial charge in [0, 0.05) is 55.3 Å². The molecule has 1 amide bonds. The number of H-pyrrole nitrogens is 1. The highest BCUT2D eigenvalue weighted by atomic mass is 35.5. The lowest BCUT2D eigenvalue weighted by Gasteiger charge is -2.26. The minimum absolute atomic E-state index is 0.0864. The minimum atomic E-state index is -4.08. The number of morpholine rings is 1. The molecule has 2 N–H and O–H groups in total. The second-order valence-corrected chi connectivity index (χ2v) is 10.6. The van der Waals surface area contributed by atoms with E-state index in [9.17, 15) is 18.0 Å². The van der Waals surface area contributed by atoms with Gasteiger partial charge in [-0.3, -0.25) is 18.8 Å². The molecule has 0 radical (unpaired) electrons. The first-order valence-electron chi connectivity index (χ1n) is 11.3. The van der Waals surface area contributed by atoms with Crippen LogP contribution in [0, 0.1) is 0 Å². The zero-order valence-corrected chi connectivity index (χ0v) is 21.5. The monoisotopic (exact) mass is 534 g/mol. The average Bonchev–Trinajstić information content (AvgIpc) is 2.88. The highest BCUT2D eigenvalue weighted by Gasteiger charge is 2.25. The molecule has 192 valence electrons. The second kappa shape index (κ2) is 10.9. The van der Waals surface area contributed by atoms with Gasteiger partial charge in [0.1, 0.15) is 11.3 Å². The lowest BCUT2D eigenvalue weighted by molar-refractivity contribution is 0.0383. The molecule has 36 heavy (non-hydrogen) atoms. The van der Waals surface area contributed by atoms with Crippen LogP contribution >= 0.6 is 11.6 Å². The Balaban J connectivity index is 1.60. The van der Waals surface area contributed by atoms with Crippen LogP contribution in [0.4, 0.5) is 5.69 Å². The topological polar surface area (TPSA) is 121 Å². The third-order valence-electron chi connectivity index (χ3n) is 6.05. The summed E-state index contributed by atoms with van der Waals surface area (Å²) in [5.41, 5.74) is -0.00393. The van der Waals surface area contributed by atoms with Crippen molar-refractivity contribution in [2.45, 2.75) is 4.90 Å². The Labute approximate surface area is 213 Å². The molecule has 0 spiro atoms. The summed E-state index contributed by atoms with van der Waals surface area (Å²) in [7, 11) is -1.29. The van der Waals surface area contributed by atoms with Crippen molar-refractivity contribution in [3.05, 3.63) is 63.4 Å². The minimum Gasteiger partial charge on any atom is -0.495 e. The number of hydrogen-bond acceptors (Lipinski definition) is 7. The molecule has 1 aromatic heterocycles. The highest BCUT2D eigenvalue weighted by Crippen LogP contribution is 2.34. The maximum Gasteiger partial charge on any atom is 0.264 e. The summed E-state index contributed by atoms with van der Waals surface area (Å²) < 4.78 is 38.4. The zero-order valence-electron chi connectivity index (χ0n) is 19.9. The molecule has 0 bridgehead atoms. The Morgan fingerprint density at radius 1 is 1.22 bits per heavy atom. The van der Waals surface area contributed by atoms with Gasteiger partial charge in [-0.05, 0) is 36.4 Å². The number of fused-ring (bicyclic) bond motifs is 1. The summed E-state index contributed by atoms with van der Waals surface area (Å²) in [6, 6.07) is 8.79. The molecule has 2 aromatic carbocycles. The number of halogens is 1. The molecule has 4 rings (SSSR count). The standard InChI is InChI=1S/C24H27ClN4O6S/c1-28(21-13-16(25)3-6-22(21)34-2)36(32,33)17-4-5-20-18(14-17)23(30)19(15-27-20)24(31)26-7-8-29-9-11-35-12-10-29/h3-6,13-15H,7-12H2,1-2H3,(H,26,31)(H,27,30). The number of anilines is 1. The van der Waals surface area contributed by atoms with Gasteiger partial charge in [-0.2, -0.15) is 0 Å². The van der Waals surface area contributed by atoms with E-state index < -0.39 is 21.4 Å². The molecule has 10 nitrogen and oxygen atoms in total. The number of nitrogens with one attached hydrogen (secondary N) is 2. The highest BCUT2D eigenvalue weighted by molar-refractivity contribution is 7.92. The molecule has 3 aromatic rings. The number of methoxy groups -OCH3 is 1. The summed E-state index contributed by atoms with van der Waals surface area (Å²) in [4.78, 5) is 30.8. The van der Waals surface area contributed by atoms with Crippen molar-refractivity contribution in [2.75, 3.05) is 57.9 Å². The first kappa shape index (κ1) is 26.0. The van der Waals surface area contributed by atoms with Crippen molar-refractivity contribution in [3.8, 4) is 5.75 Å². The molecule has 0 saturated carbocycles. The summed E-state index contributed by atoms with van der Waals surface area (Å²) in [6.45, 7) is 3.91. The fourth-order valence-corrected chi connectivity index (χ4v) is 5.36. The molecule has 2 heterocycles. The number of sulfonamides is 1. The summed E-state index contributed by atoms with van der Waals surface area (Å²) >= 11 is 6.07. The molecule has 1 fully saturated rings. The van der Waals surface area contributed by atoms with Gasteiger partial charge in [-0.1, -0.05) is 11.6 Å². The van der Waals surface area contributed by atoms with Crippen molar-refractivity contribution >= 4 is 44.1 Å². The largest absolute Gasteiger partial charge is 0.495 e. The maximum atomic E-state index is 13.4. The van der Waals surface area contributed by atoms with Crippen molar-refractivity contribution in [3.63, 3.8) is 0 Å². The van der Waals surface area contributed by atoms with Gasteiger partial charge in [0.2, 0.25) is 5.43 Å². The molecule has 1 saturated heterocycles. The number of carbonyl (C=O) groups is 1. The van der Waals surface area contributed by atoms with Crippen LogP contribution in [0.5, 0.6) is 5.75 Å². The maximum absolute atomic E-state index is 13.4. The third-order valence-corrected chi connectivity index (χ3v) is 8.06. The Bertz CT molecular complexity index is 1440. The smallest absolute Gasteiger partial charge is 0.264 e. The van der Waals surface area contributed by atoms with Crippen LogP contribution in [0.2, 0.25) is 5.02 Å². The van der Waals surface area contributed by atoms with E-state index in [1.165, 1.54) is 44.6 Å². The zero-order chi connectivity index (χ0) is 25.9. The first-order chi connectivity index (χ1) is 17.2. The average molecular weight is 535 g/mol. The summed E-state index contributed by atoms with van der Waals surface area (Å²) in [6.07, 6.45) is 1.34. The van der Waals surface area contributed by atoms with Crippen LogP contribution in [0.1, 0.15) is 10.4 Å². The normalized spacial score (nSPS) is 14.5. The number of nitrogens with zero attached hydrogens (tertiary/aromatic N) is 2. The first-order valence-corrected chi connectivity index (χ1v) is 13.1. The summed E-state index contributed by atoms with van der Waals surface area (Å²) in [5.74, 6) is -0.208. The van der Waals surface area contributed by atoms with Crippen LogP contribution in [-0.2, 0) is 14.8 Å². The number of carbonyl (C=O) groups excluding carboxylic acids is 1. The van der Waals surface area contributed by atoms with Crippen molar-refractivity contribution in [2.24, 2.45) is 0 Å². The Morgan fingerprint density at radius 2 is 1.97 bits per heavy atom. The van der Waals surface area contributed by atoms with Crippen LogP contribution in [-0.4, -0.2) is 77.8 Å². The molecule has 1 aliphatic rings. The number of amides is 1. The number of benzene rings is 2. The van der Waals surface area contributed by atoms with Gasteiger partial charge in [0.05, 0.1) is 30.9 Å². The molecule has 1 aliphatic heterocycles. The van der Waals surface area contributed by atoms with E-state index in [2.05, 4.69) is 15.2 Å². The number of aromatic nitrogens is 1. The molecule has 0 aliphatic carbocycles. The Morgan fingerprint density at radius 3 is 2.69 bits per heavy atom. The van der Waals surface area contributed by atoms with Gasteiger partial charge in [-0.25, -0.2) is 8.42 Å². The molecule has 12 heteroatoms. The number of pyridine rings is 1. The van der Waals surface area contributed by atoms with Gasteiger partial charge in [-0.15, -0.1) is 0 Å². The SMILES string of the molecule is COc1ccc(Cl)cc1N(C)S(=O)(=O)c1ccc2[nH]cc(C(=O)NCCN3CCOCC3)c(=O)c2c1. The van der Waals surface area contributed by atoms with E-state index in [4.69, 9.17) is 21.1 Å². The van der Waals surface area contributed by atoms with E-state index in [1.807, 2.05) is 0 Å². The quantitative estimate of drug-likeness (QED) is 0.454. The van der Waals surface area contributed by atoms with E-state index in [0.29, 0.717) is 42.6 Å². The van der Waals surface area contributed by atoms with Crippen molar-refractivity contribution in [1.29, 1.82) is 0 Å². The number of rotatable bonds is 8. The number of aromatic amines is 1. The van der Waals surface area contributed by atoms with Gasteiger partial charge in [0.25, 0.3) is 15.9 Å². The lowest BCUT2D eigenvalue weighted by Crippen LogP contribution is -2.41. The number of ether oxygens (including phenoxy) is 2. The summed E-state index contributed by atoms with van der Waals surface area (Å²) in [5, 5.41) is 3.19. The third kappa shape index (κ3) is 5.34. The molecule has 0 unspecified atom stereocenters. The van der Waals surface area contributed by atoms with Gasteiger partial charge >= 0.3 is 0 Å². The molecular formula is C24H27ClN4O6S. The fraction of sp³-hybridized carbons (Fsp3) is 0.333. The Kier molecular flexibility index (Phi) is 7.84. The predicted molar refractivity (Wildman–Crippen MR) is 138 cm³/mol. The van der Waals surface area contributed by atoms with Crippen LogP contribution < -0.4 is 19.8 Å².